The molecule has 0 aliphatic carbocycles. The van der Waals surface area contributed by atoms with Crippen molar-refractivity contribution in [2.24, 2.45) is 5.41 Å². The van der Waals surface area contributed by atoms with E-state index in [9.17, 15) is 8.78 Å². The first-order valence-corrected chi connectivity index (χ1v) is 8.07. The smallest absolute Gasteiger partial charge is 0.357 e. The van der Waals surface area contributed by atoms with Crippen molar-refractivity contribution in [3.05, 3.63) is 23.9 Å². The molecule has 1 fully saturated rings. The Morgan fingerprint density at radius 3 is 2.55 bits per heavy atom. The first-order chi connectivity index (χ1) is 10.4. The van der Waals surface area contributed by atoms with Gasteiger partial charge < -0.3 is 9.64 Å². The predicted molar refractivity (Wildman–Crippen MR) is 84.1 cm³/mol. The van der Waals surface area contributed by atoms with E-state index < -0.39 is 11.5 Å². The van der Waals surface area contributed by atoms with Gasteiger partial charge in [0, 0.05) is 19.3 Å². The minimum absolute atomic E-state index is 0.0974. The summed E-state index contributed by atoms with van der Waals surface area (Å²) in [6.07, 6.45) is 2.45. The highest BCUT2D eigenvalue weighted by molar-refractivity contribution is 5.41. The van der Waals surface area contributed by atoms with Gasteiger partial charge in [-0.2, -0.15) is 8.78 Å². The van der Waals surface area contributed by atoms with Crippen molar-refractivity contribution < 1.29 is 13.5 Å². The predicted octanol–water partition coefficient (Wildman–Crippen LogP) is 4.62. The average Bonchev–Trinajstić information content (AvgIpc) is 2.54. The van der Waals surface area contributed by atoms with E-state index in [0.717, 1.165) is 37.3 Å². The maximum atomic E-state index is 14.1. The molecule has 0 radical (unpaired) electrons. The molecule has 5 heteroatoms. The lowest BCUT2D eigenvalue weighted by molar-refractivity contribution is -0.306. The molecule has 0 aromatic carbocycles. The molecule has 1 aromatic rings. The molecule has 0 atom stereocenters. The zero-order valence-corrected chi connectivity index (χ0v) is 13.7. The van der Waals surface area contributed by atoms with Crippen LogP contribution in [0.15, 0.2) is 18.3 Å². The van der Waals surface area contributed by atoms with Gasteiger partial charge in [-0.15, -0.1) is 0 Å². The van der Waals surface area contributed by atoms with Crippen LogP contribution in [0, 0.1) is 5.41 Å². The minimum Gasteiger partial charge on any atom is -0.357 e. The molecular formula is C17H26F2N2O. The molecule has 1 saturated heterocycles. The highest BCUT2D eigenvalue weighted by Gasteiger charge is 2.46. The number of nitrogens with zero attached hydrogens (tertiary/aromatic N) is 2. The van der Waals surface area contributed by atoms with E-state index >= 15 is 0 Å². The Bertz CT molecular complexity index is 485. The number of anilines is 1. The van der Waals surface area contributed by atoms with Gasteiger partial charge in [-0.25, -0.2) is 4.98 Å². The highest BCUT2D eigenvalue weighted by atomic mass is 19.3. The fraction of sp³-hybridized carbons (Fsp3) is 0.706. The number of alkyl halides is 2. The summed E-state index contributed by atoms with van der Waals surface area (Å²) in [7, 11) is 0. The molecule has 2 heterocycles. The summed E-state index contributed by atoms with van der Waals surface area (Å²) in [4.78, 5) is 6.56. The Morgan fingerprint density at radius 2 is 1.91 bits per heavy atom. The van der Waals surface area contributed by atoms with E-state index in [-0.39, 0.29) is 6.61 Å². The Morgan fingerprint density at radius 1 is 1.23 bits per heavy atom. The summed E-state index contributed by atoms with van der Waals surface area (Å²) in [6, 6.07) is 3.60. The van der Waals surface area contributed by atoms with Gasteiger partial charge in [-0.3, -0.25) is 0 Å². The monoisotopic (exact) mass is 312 g/mol. The second-order valence-electron chi connectivity index (χ2n) is 6.61. The van der Waals surface area contributed by atoms with Gasteiger partial charge in [-0.1, -0.05) is 20.8 Å². The summed E-state index contributed by atoms with van der Waals surface area (Å²) >= 11 is 0. The number of halogens is 2. The van der Waals surface area contributed by atoms with E-state index in [4.69, 9.17) is 4.74 Å². The summed E-state index contributed by atoms with van der Waals surface area (Å²) in [5.74, 6) is 0.860. The van der Waals surface area contributed by atoms with Crippen molar-refractivity contribution in [3.8, 4) is 0 Å². The Kier molecular flexibility index (Phi) is 5.37. The second-order valence-corrected chi connectivity index (χ2v) is 6.61. The summed E-state index contributed by atoms with van der Waals surface area (Å²) < 4.78 is 33.1. The zero-order chi connectivity index (χ0) is 16.2. The first kappa shape index (κ1) is 17.1. The van der Waals surface area contributed by atoms with Crippen LogP contribution >= 0.6 is 0 Å². The first-order valence-electron chi connectivity index (χ1n) is 8.07. The lowest BCUT2D eigenvalue weighted by Gasteiger charge is -2.32. The Balaban J connectivity index is 2.01. The van der Waals surface area contributed by atoms with Crippen molar-refractivity contribution in [1.82, 2.24) is 4.98 Å². The molecular weight excluding hydrogens is 286 g/mol. The molecule has 0 amide bonds. The number of aromatic nitrogens is 1. The summed E-state index contributed by atoms with van der Waals surface area (Å²) in [5.41, 5.74) is -0.433. The van der Waals surface area contributed by atoms with Crippen LogP contribution in [0.4, 0.5) is 14.6 Å². The third-order valence-corrected chi connectivity index (χ3v) is 4.58. The largest absolute Gasteiger partial charge is 0.361 e. The van der Waals surface area contributed by atoms with Gasteiger partial charge in [0.2, 0.25) is 0 Å². The SMILES string of the molecule is CCC(C)(C)C(F)(F)OCc1ccnc(N2CCCCC2)c1. The van der Waals surface area contributed by atoms with E-state index in [1.54, 1.807) is 19.2 Å². The highest BCUT2D eigenvalue weighted by Crippen LogP contribution is 2.40. The van der Waals surface area contributed by atoms with Crippen molar-refractivity contribution >= 4 is 5.82 Å². The van der Waals surface area contributed by atoms with Crippen LogP contribution in [-0.2, 0) is 11.3 Å². The van der Waals surface area contributed by atoms with Crippen molar-refractivity contribution in [1.29, 1.82) is 0 Å². The molecule has 0 saturated carbocycles. The van der Waals surface area contributed by atoms with E-state index in [2.05, 4.69) is 9.88 Å². The molecule has 0 spiro atoms. The van der Waals surface area contributed by atoms with Gasteiger partial charge in [0.15, 0.2) is 0 Å². The van der Waals surface area contributed by atoms with Crippen molar-refractivity contribution in [2.75, 3.05) is 18.0 Å². The Hall–Kier alpha value is -1.23. The number of hydrogen-bond donors (Lipinski definition) is 0. The molecule has 0 N–H and O–H groups in total. The fourth-order valence-electron chi connectivity index (χ4n) is 2.42. The second kappa shape index (κ2) is 6.90. The van der Waals surface area contributed by atoms with Crippen LogP contribution in [0.5, 0.6) is 0 Å². The molecule has 2 rings (SSSR count). The lowest BCUT2D eigenvalue weighted by atomic mass is 9.89. The quantitative estimate of drug-likeness (QED) is 0.766. The molecule has 1 aliphatic heterocycles. The van der Waals surface area contributed by atoms with Crippen molar-refractivity contribution in [2.45, 2.75) is 59.2 Å². The standard InChI is InChI=1S/C17H26F2N2O/c1-4-16(2,3)17(18,19)22-13-14-8-9-20-15(12-14)21-10-6-5-7-11-21/h8-9,12H,4-7,10-11,13H2,1-3H3. The third kappa shape index (κ3) is 3.94. The number of ether oxygens (including phenoxy) is 1. The summed E-state index contributed by atoms with van der Waals surface area (Å²) in [5, 5.41) is 0. The van der Waals surface area contributed by atoms with Crippen LogP contribution in [-0.4, -0.2) is 24.2 Å². The number of pyridine rings is 1. The lowest BCUT2D eigenvalue weighted by Crippen LogP contribution is -2.38. The number of rotatable bonds is 6. The van der Waals surface area contributed by atoms with E-state index in [1.807, 2.05) is 6.07 Å². The van der Waals surface area contributed by atoms with Crippen LogP contribution in [0.3, 0.4) is 0 Å². The van der Waals surface area contributed by atoms with Gasteiger partial charge in [-0.05, 0) is 43.4 Å². The van der Waals surface area contributed by atoms with Crippen LogP contribution in [0.25, 0.3) is 0 Å². The van der Waals surface area contributed by atoms with Gasteiger partial charge >= 0.3 is 6.11 Å². The van der Waals surface area contributed by atoms with E-state index in [1.165, 1.54) is 20.3 Å². The summed E-state index contributed by atoms with van der Waals surface area (Å²) in [6.45, 7) is 6.67. The maximum Gasteiger partial charge on any atom is 0.361 e. The number of piperidine rings is 1. The van der Waals surface area contributed by atoms with Gasteiger partial charge in [0.05, 0.1) is 12.0 Å². The molecule has 3 nitrogen and oxygen atoms in total. The molecule has 22 heavy (non-hydrogen) atoms. The molecule has 0 bridgehead atoms. The van der Waals surface area contributed by atoms with Crippen LogP contribution < -0.4 is 4.90 Å². The normalized spacial score (nSPS) is 16.9. The topological polar surface area (TPSA) is 25.4 Å². The third-order valence-electron chi connectivity index (χ3n) is 4.58. The van der Waals surface area contributed by atoms with Crippen molar-refractivity contribution in [3.63, 3.8) is 0 Å². The average molecular weight is 312 g/mol. The van der Waals surface area contributed by atoms with Crippen LogP contribution in [0.1, 0.15) is 52.0 Å². The molecule has 1 aromatic heterocycles. The molecule has 124 valence electrons. The van der Waals surface area contributed by atoms with E-state index in [0.29, 0.717) is 6.42 Å². The fourth-order valence-corrected chi connectivity index (χ4v) is 2.42. The van der Waals surface area contributed by atoms with Gasteiger partial charge in [0.1, 0.15) is 5.82 Å². The number of hydrogen-bond acceptors (Lipinski definition) is 3. The Labute approximate surface area is 131 Å². The molecule has 0 unspecified atom stereocenters. The van der Waals surface area contributed by atoms with Crippen LogP contribution in [0.2, 0.25) is 0 Å². The molecule has 1 aliphatic rings. The minimum atomic E-state index is -3.14. The zero-order valence-electron chi connectivity index (χ0n) is 13.7. The van der Waals surface area contributed by atoms with Gasteiger partial charge in [0.25, 0.3) is 0 Å². The maximum absolute atomic E-state index is 14.1.